The average molecular weight is 300 g/mol. The summed E-state index contributed by atoms with van der Waals surface area (Å²) in [5.41, 5.74) is 2.08. The van der Waals surface area contributed by atoms with E-state index >= 15 is 0 Å². The second kappa shape index (κ2) is 5.83. The third kappa shape index (κ3) is 2.71. The summed E-state index contributed by atoms with van der Waals surface area (Å²) in [6, 6.07) is 10.1. The molecule has 0 aliphatic carbocycles. The molecule has 1 saturated heterocycles. The van der Waals surface area contributed by atoms with E-state index in [1.165, 1.54) is 0 Å². The van der Waals surface area contributed by atoms with Crippen LogP contribution in [0.5, 0.6) is 0 Å². The van der Waals surface area contributed by atoms with Crippen LogP contribution in [0.1, 0.15) is 18.5 Å². The van der Waals surface area contributed by atoms with E-state index in [1.807, 2.05) is 35.8 Å². The zero-order valence-electron chi connectivity index (χ0n) is 12.7. The van der Waals surface area contributed by atoms with Gasteiger partial charge in [0.15, 0.2) is 0 Å². The number of para-hydroxylation sites is 1. The second-order valence-electron chi connectivity index (χ2n) is 5.95. The van der Waals surface area contributed by atoms with Crippen LogP contribution in [0, 0.1) is 12.8 Å². The molecule has 1 atom stereocenters. The number of aryl methyl sites for hydroxylation is 1. The van der Waals surface area contributed by atoms with Crippen LogP contribution in [0.4, 0.5) is 0 Å². The topological polar surface area (TPSA) is 62.5 Å². The van der Waals surface area contributed by atoms with Gasteiger partial charge in [-0.1, -0.05) is 18.2 Å². The first-order valence-corrected chi connectivity index (χ1v) is 7.61. The Morgan fingerprint density at radius 1 is 1.32 bits per heavy atom. The first-order chi connectivity index (χ1) is 10.6. The molecule has 5 nitrogen and oxygen atoms in total. The highest BCUT2D eigenvalue weighted by Crippen LogP contribution is 2.21. The summed E-state index contributed by atoms with van der Waals surface area (Å²) in [6.45, 7) is 3.24. The lowest BCUT2D eigenvalue weighted by Crippen LogP contribution is -2.43. The fourth-order valence-corrected chi connectivity index (χ4v) is 3.20. The number of benzene rings is 1. The molecule has 1 aliphatic rings. The van der Waals surface area contributed by atoms with Gasteiger partial charge in [-0.15, -0.1) is 0 Å². The van der Waals surface area contributed by atoms with Gasteiger partial charge >= 0.3 is 5.97 Å². The Hall–Kier alpha value is -2.30. The number of fused-ring (bicyclic) bond motifs is 1. The van der Waals surface area contributed by atoms with Crippen LogP contribution in [0.25, 0.3) is 10.9 Å². The number of carbonyl (C=O) groups is 2. The Bertz CT molecular complexity index is 720. The number of hydrogen-bond acceptors (Lipinski definition) is 2. The van der Waals surface area contributed by atoms with Crippen molar-refractivity contribution >= 4 is 22.8 Å². The SMILES string of the molecule is Cc1cc2ccccc2n1CC(=O)N1CCC[C@H](C(=O)O)C1. The predicted octanol–water partition coefficient (Wildman–Crippen LogP) is 2.27. The van der Waals surface area contributed by atoms with Crippen LogP contribution in [-0.2, 0) is 16.1 Å². The van der Waals surface area contributed by atoms with Gasteiger partial charge in [0.05, 0.1) is 5.92 Å². The minimum absolute atomic E-state index is 0.00426. The van der Waals surface area contributed by atoms with E-state index in [9.17, 15) is 9.59 Å². The van der Waals surface area contributed by atoms with Gasteiger partial charge in [0.2, 0.25) is 5.91 Å². The van der Waals surface area contributed by atoms with Crippen LogP contribution in [-0.4, -0.2) is 39.5 Å². The third-order valence-electron chi connectivity index (χ3n) is 4.43. The highest BCUT2D eigenvalue weighted by atomic mass is 16.4. The van der Waals surface area contributed by atoms with E-state index in [0.29, 0.717) is 19.5 Å². The van der Waals surface area contributed by atoms with E-state index in [4.69, 9.17) is 5.11 Å². The highest BCUT2D eigenvalue weighted by molar-refractivity contribution is 5.84. The molecule has 0 spiro atoms. The molecule has 0 unspecified atom stereocenters. The number of likely N-dealkylation sites (tertiary alicyclic amines) is 1. The van der Waals surface area contributed by atoms with E-state index in [0.717, 1.165) is 23.0 Å². The van der Waals surface area contributed by atoms with Crippen LogP contribution in [0.2, 0.25) is 0 Å². The molecular weight excluding hydrogens is 280 g/mol. The molecule has 1 aliphatic heterocycles. The van der Waals surface area contributed by atoms with Crippen molar-refractivity contribution in [2.24, 2.45) is 5.92 Å². The number of aromatic nitrogens is 1. The smallest absolute Gasteiger partial charge is 0.308 e. The van der Waals surface area contributed by atoms with Crippen LogP contribution >= 0.6 is 0 Å². The molecule has 0 radical (unpaired) electrons. The van der Waals surface area contributed by atoms with Crippen molar-refractivity contribution in [3.63, 3.8) is 0 Å². The lowest BCUT2D eigenvalue weighted by atomic mass is 9.98. The Labute approximate surface area is 129 Å². The minimum atomic E-state index is -0.805. The molecule has 116 valence electrons. The van der Waals surface area contributed by atoms with Gasteiger partial charge in [0.25, 0.3) is 0 Å². The molecule has 2 heterocycles. The van der Waals surface area contributed by atoms with E-state index in [2.05, 4.69) is 6.07 Å². The fourth-order valence-electron chi connectivity index (χ4n) is 3.20. The van der Waals surface area contributed by atoms with Crippen molar-refractivity contribution in [3.05, 3.63) is 36.0 Å². The summed E-state index contributed by atoms with van der Waals surface area (Å²) in [5.74, 6) is -1.24. The number of hydrogen-bond donors (Lipinski definition) is 1. The number of amides is 1. The number of carbonyl (C=O) groups excluding carboxylic acids is 1. The van der Waals surface area contributed by atoms with Gasteiger partial charge < -0.3 is 14.6 Å². The molecule has 1 N–H and O–H groups in total. The molecule has 0 bridgehead atoms. The van der Waals surface area contributed by atoms with Crippen molar-refractivity contribution in [2.75, 3.05) is 13.1 Å². The maximum Gasteiger partial charge on any atom is 0.308 e. The molecule has 3 rings (SSSR count). The van der Waals surface area contributed by atoms with Gasteiger partial charge in [0.1, 0.15) is 6.54 Å². The summed E-state index contributed by atoms with van der Waals surface area (Å²) in [7, 11) is 0. The Morgan fingerprint density at radius 3 is 2.86 bits per heavy atom. The number of piperidine rings is 1. The maximum atomic E-state index is 12.5. The molecule has 22 heavy (non-hydrogen) atoms. The lowest BCUT2D eigenvalue weighted by molar-refractivity contribution is -0.145. The monoisotopic (exact) mass is 300 g/mol. The van der Waals surface area contributed by atoms with E-state index < -0.39 is 11.9 Å². The minimum Gasteiger partial charge on any atom is -0.481 e. The largest absolute Gasteiger partial charge is 0.481 e. The lowest BCUT2D eigenvalue weighted by Gasteiger charge is -2.31. The predicted molar refractivity (Wildman–Crippen MR) is 83.6 cm³/mol. The van der Waals surface area contributed by atoms with Crippen molar-refractivity contribution < 1.29 is 14.7 Å². The molecule has 2 aromatic rings. The number of carboxylic acid groups (broad SMARTS) is 1. The number of rotatable bonds is 3. The molecule has 1 amide bonds. The molecule has 5 heteroatoms. The number of aliphatic carboxylic acids is 1. The Morgan fingerprint density at radius 2 is 2.09 bits per heavy atom. The zero-order chi connectivity index (χ0) is 15.7. The Kier molecular flexibility index (Phi) is 3.88. The summed E-state index contributed by atoms with van der Waals surface area (Å²) in [6.07, 6.45) is 1.42. The summed E-state index contributed by atoms with van der Waals surface area (Å²) in [4.78, 5) is 25.4. The molecular formula is C17H20N2O3. The summed E-state index contributed by atoms with van der Waals surface area (Å²) in [5, 5.41) is 10.3. The summed E-state index contributed by atoms with van der Waals surface area (Å²) >= 11 is 0. The van der Waals surface area contributed by atoms with Crippen molar-refractivity contribution in [1.82, 2.24) is 9.47 Å². The maximum absolute atomic E-state index is 12.5. The van der Waals surface area contributed by atoms with E-state index in [1.54, 1.807) is 4.90 Å². The van der Waals surface area contributed by atoms with Crippen molar-refractivity contribution in [2.45, 2.75) is 26.3 Å². The standard InChI is InChI=1S/C17H20N2O3/c1-12-9-13-5-2-3-7-15(13)19(12)11-16(20)18-8-4-6-14(10-18)17(21)22/h2-3,5,7,9,14H,4,6,8,10-11H2,1H3,(H,21,22)/t14-/m0/s1. The first-order valence-electron chi connectivity index (χ1n) is 7.61. The third-order valence-corrected chi connectivity index (χ3v) is 4.43. The Balaban J connectivity index is 1.78. The normalized spacial score (nSPS) is 18.6. The van der Waals surface area contributed by atoms with Gasteiger partial charge in [-0.05, 0) is 37.3 Å². The quantitative estimate of drug-likeness (QED) is 0.946. The van der Waals surface area contributed by atoms with Crippen LogP contribution in [0.3, 0.4) is 0 Å². The van der Waals surface area contributed by atoms with Crippen LogP contribution in [0.15, 0.2) is 30.3 Å². The van der Waals surface area contributed by atoms with E-state index in [-0.39, 0.29) is 12.5 Å². The first kappa shape index (κ1) is 14.6. The molecule has 1 aromatic heterocycles. The van der Waals surface area contributed by atoms with Crippen molar-refractivity contribution in [1.29, 1.82) is 0 Å². The number of nitrogens with zero attached hydrogens (tertiary/aromatic N) is 2. The summed E-state index contributed by atoms with van der Waals surface area (Å²) < 4.78 is 2.00. The fraction of sp³-hybridized carbons (Fsp3) is 0.412. The van der Waals surface area contributed by atoms with Gasteiger partial charge in [-0.3, -0.25) is 9.59 Å². The molecule has 1 fully saturated rings. The van der Waals surface area contributed by atoms with Gasteiger partial charge in [-0.2, -0.15) is 0 Å². The molecule has 0 saturated carbocycles. The molecule has 1 aromatic carbocycles. The van der Waals surface area contributed by atoms with Crippen molar-refractivity contribution in [3.8, 4) is 0 Å². The van der Waals surface area contributed by atoms with Crippen LogP contribution < -0.4 is 0 Å². The number of carboxylic acids is 1. The highest BCUT2D eigenvalue weighted by Gasteiger charge is 2.28. The zero-order valence-corrected chi connectivity index (χ0v) is 12.7. The van der Waals surface area contributed by atoms with Gasteiger partial charge in [0, 0.05) is 24.3 Å². The second-order valence-corrected chi connectivity index (χ2v) is 5.95. The average Bonchev–Trinajstić information content (AvgIpc) is 2.83. The van der Waals surface area contributed by atoms with Gasteiger partial charge in [-0.25, -0.2) is 0 Å².